The van der Waals surface area contributed by atoms with Crippen molar-refractivity contribution in [3.63, 3.8) is 0 Å². The largest absolute Gasteiger partial charge is 0.481 e. The third-order valence-corrected chi connectivity index (χ3v) is 3.67. The number of fused-ring (bicyclic) bond motifs is 1. The molecule has 0 bridgehead atoms. The van der Waals surface area contributed by atoms with Gasteiger partial charge in [0.25, 0.3) is 5.91 Å². The van der Waals surface area contributed by atoms with Crippen molar-refractivity contribution < 1.29 is 22.7 Å². The van der Waals surface area contributed by atoms with Crippen LogP contribution in [-0.2, 0) is 12.7 Å². The van der Waals surface area contributed by atoms with E-state index in [2.05, 4.69) is 9.98 Å². The van der Waals surface area contributed by atoms with Gasteiger partial charge in [0.1, 0.15) is 5.69 Å². The normalized spacial score (nSPS) is 13.0. The summed E-state index contributed by atoms with van der Waals surface area (Å²) < 4.78 is 44.6. The summed E-state index contributed by atoms with van der Waals surface area (Å²) in [6, 6.07) is 4.93. The van der Waals surface area contributed by atoms with Crippen LogP contribution in [0.2, 0.25) is 0 Å². The smallest absolute Gasteiger partial charge is 0.416 e. The number of rotatable bonds is 3. The van der Waals surface area contributed by atoms with Crippen LogP contribution in [-0.4, -0.2) is 24.2 Å². The van der Waals surface area contributed by atoms with Crippen LogP contribution in [0.3, 0.4) is 0 Å². The Kier molecular flexibility index (Phi) is 3.75. The second kappa shape index (κ2) is 5.63. The SMILES string of the molecule is COc1nc(C(N)=O)ccc1-c1cc(C(F)(F)F)cc2c1C=NC2. The fourth-order valence-corrected chi connectivity index (χ4v) is 2.56. The number of methoxy groups -OCH3 is 1. The van der Waals surface area contributed by atoms with Crippen LogP contribution in [0.5, 0.6) is 5.88 Å². The van der Waals surface area contributed by atoms with Gasteiger partial charge < -0.3 is 10.5 Å². The van der Waals surface area contributed by atoms with E-state index in [1.807, 2.05) is 0 Å². The number of hydrogen-bond donors (Lipinski definition) is 1. The lowest BCUT2D eigenvalue weighted by Crippen LogP contribution is -2.13. The number of halogens is 3. The Morgan fingerprint density at radius 2 is 2.00 bits per heavy atom. The van der Waals surface area contributed by atoms with Crippen molar-refractivity contribution in [3.05, 3.63) is 46.6 Å². The highest BCUT2D eigenvalue weighted by atomic mass is 19.4. The van der Waals surface area contributed by atoms with E-state index >= 15 is 0 Å². The molecule has 0 spiro atoms. The molecular formula is C16H12F3N3O2. The maximum Gasteiger partial charge on any atom is 0.416 e. The second-order valence-electron chi connectivity index (χ2n) is 5.18. The minimum Gasteiger partial charge on any atom is -0.481 e. The van der Waals surface area contributed by atoms with Crippen molar-refractivity contribution in [1.82, 2.24) is 4.98 Å². The molecule has 0 saturated carbocycles. The minimum atomic E-state index is -4.49. The van der Waals surface area contributed by atoms with Gasteiger partial charge in [-0.15, -0.1) is 0 Å². The van der Waals surface area contributed by atoms with Crippen LogP contribution in [0.15, 0.2) is 29.3 Å². The second-order valence-corrected chi connectivity index (χ2v) is 5.18. The molecule has 0 atom stereocenters. The quantitative estimate of drug-likeness (QED) is 0.937. The number of aromatic nitrogens is 1. The Morgan fingerprint density at radius 3 is 2.62 bits per heavy atom. The monoisotopic (exact) mass is 335 g/mol. The number of alkyl halides is 3. The number of nitrogens with zero attached hydrogens (tertiary/aromatic N) is 2. The first kappa shape index (κ1) is 16.0. The molecule has 5 nitrogen and oxygen atoms in total. The molecule has 1 aliphatic heterocycles. The summed E-state index contributed by atoms with van der Waals surface area (Å²) in [4.78, 5) is 19.2. The predicted molar refractivity (Wildman–Crippen MR) is 81.0 cm³/mol. The molecule has 0 radical (unpaired) electrons. The maximum absolute atomic E-state index is 13.2. The summed E-state index contributed by atoms with van der Waals surface area (Å²) >= 11 is 0. The van der Waals surface area contributed by atoms with Crippen LogP contribution in [0.4, 0.5) is 13.2 Å². The van der Waals surface area contributed by atoms with E-state index in [0.717, 1.165) is 12.1 Å². The number of nitrogens with two attached hydrogens (primary N) is 1. The molecular weight excluding hydrogens is 323 g/mol. The molecule has 1 aromatic heterocycles. The highest BCUT2D eigenvalue weighted by Gasteiger charge is 2.33. The van der Waals surface area contributed by atoms with Gasteiger partial charge in [0.05, 0.1) is 19.2 Å². The third kappa shape index (κ3) is 2.70. The molecule has 0 saturated heterocycles. The number of primary amides is 1. The van der Waals surface area contributed by atoms with Gasteiger partial charge in [-0.05, 0) is 35.4 Å². The van der Waals surface area contributed by atoms with E-state index in [1.54, 1.807) is 0 Å². The number of benzene rings is 1. The van der Waals surface area contributed by atoms with E-state index in [0.29, 0.717) is 22.3 Å². The first-order chi connectivity index (χ1) is 11.3. The van der Waals surface area contributed by atoms with E-state index in [1.165, 1.54) is 25.5 Å². The molecule has 2 N–H and O–H groups in total. The van der Waals surface area contributed by atoms with Crippen molar-refractivity contribution in [2.75, 3.05) is 7.11 Å². The van der Waals surface area contributed by atoms with E-state index in [4.69, 9.17) is 10.5 Å². The lowest BCUT2D eigenvalue weighted by Gasteiger charge is -2.15. The van der Waals surface area contributed by atoms with Crippen LogP contribution in [0.1, 0.15) is 27.2 Å². The van der Waals surface area contributed by atoms with Crippen molar-refractivity contribution in [2.45, 2.75) is 12.7 Å². The van der Waals surface area contributed by atoms with Gasteiger partial charge in [0.15, 0.2) is 0 Å². The molecule has 0 aliphatic carbocycles. The molecule has 24 heavy (non-hydrogen) atoms. The first-order valence-corrected chi connectivity index (χ1v) is 6.90. The van der Waals surface area contributed by atoms with Crippen LogP contribution < -0.4 is 10.5 Å². The van der Waals surface area contributed by atoms with Gasteiger partial charge in [0, 0.05) is 17.3 Å². The Labute approximate surface area is 135 Å². The number of amides is 1. The van der Waals surface area contributed by atoms with Gasteiger partial charge in [-0.1, -0.05) is 0 Å². The zero-order chi connectivity index (χ0) is 17.5. The maximum atomic E-state index is 13.2. The van der Waals surface area contributed by atoms with Gasteiger partial charge in [-0.3, -0.25) is 9.79 Å². The number of carbonyl (C=O) groups excluding carboxylic acids is 1. The van der Waals surface area contributed by atoms with Crippen LogP contribution in [0, 0.1) is 0 Å². The Hall–Kier alpha value is -2.90. The minimum absolute atomic E-state index is 0.0214. The van der Waals surface area contributed by atoms with Gasteiger partial charge in [0.2, 0.25) is 5.88 Å². The van der Waals surface area contributed by atoms with Crippen molar-refractivity contribution in [1.29, 1.82) is 0 Å². The molecule has 124 valence electrons. The van der Waals surface area contributed by atoms with Gasteiger partial charge in [-0.2, -0.15) is 13.2 Å². The summed E-state index contributed by atoms with van der Waals surface area (Å²) in [5.74, 6) is -0.733. The van der Waals surface area contributed by atoms with Gasteiger partial charge in [-0.25, -0.2) is 4.98 Å². The molecule has 2 aromatic rings. The third-order valence-electron chi connectivity index (χ3n) is 3.67. The van der Waals surface area contributed by atoms with E-state index < -0.39 is 17.6 Å². The topological polar surface area (TPSA) is 77.6 Å². The van der Waals surface area contributed by atoms with Crippen molar-refractivity contribution in [3.8, 4) is 17.0 Å². The molecule has 1 amide bonds. The molecule has 0 unspecified atom stereocenters. The highest BCUT2D eigenvalue weighted by Crippen LogP contribution is 2.39. The zero-order valence-electron chi connectivity index (χ0n) is 12.5. The van der Waals surface area contributed by atoms with Gasteiger partial charge >= 0.3 is 6.18 Å². The number of ether oxygens (including phenoxy) is 1. The Bertz CT molecular complexity index is 860. The number of hydrogen-bond acceptors (Lipinski definition) is 4. The Balaban J connectivity index is 2.24. The Morgan fingerprint density at radius 1 is 1.25 bits per heavy atom. The van der Waals surface area contributed by atoms with Crippen LogP contribution in [0.25, 0.3) is 11.1 Å². The fraction of sp³-hybridized carbons (Fsp3) is 0.188. The number of aliphatic imine (C=N–C) groups is 1. The standard InChI is InChI=1S/C16H12F3N3O2/c1-24-15-10(2-3-13(22-15)14(20)23)11-5-9(16(17,18)19)4-8-6-21-7-12(8)11/h2-5,7H,6H2,1H3,(H2,20,23). The number of pyridine rings is 1. The molecule has 1 aromatic carbocycles. The zero-order valence-corrected chi connectivity index (χ0v) is 12.5. The van der Waals surface area contributed by atoms with Crippen molar-refractivity contribution in [2.24, 2.45) is 10.7 Å². The average molecular weight is 335 g/mol. The molecule has 1 aliphatic rings. The summed E-state index contributed by atoms with van der Waals surface area (Å²) in [7, 11) is 1.32. The van der Waals surface area contributed by atoms with E-state index in [-0.39, 0.29) is 18.1 Å². The van der Waals surface area contributed by atoms with Crippen LogP contribution >= 0.6 is 0 Å². The molecule has 3 rings (SSSR count). The lowest BCUT2D eigenvalue weighted by atomic mass is 9.94. The predicted octanol–water partition coefficient (Wildman–Crippen LogP) is 2.81. The summed E-state index contributed by atoms with van der Waals surface area (Å²) in [6.45, 7) is 0.182. The fourth-order valence-electron chi connectivity index (χ4n) is 2.56. The lowest BCUT2D eigenvalue weighted by molar-refractivity contribution is -0.137. The summed E-state index contributed by atoms with van der Waals surface area (Å²) in [6.07, 6.45) is -2.97. The van der Waals surface area contributed by atoms with E-state index in [9.17, 15) is 18.0 Å². The molecule has 8 heteroatoms. The number of carbonyl (C=O) groups is 1. The molecule has 2 heterocycles. The highest BCUT2D eigenvalue weighted by molar-refractivity contribution is 5.96. The first-order valence-electron chi connectivity index (χ1n) is 6.90. The molecule has 0 fully saturated rings. The average Bonchev–Trinajstić information content (AvgIpc) is 3.01. The summed E-state index contributed by atoms with van der Waals surface area (Å²) in [5.41, 5.74) is 6.04. The summed E-state index contributed by atoms with van der Waals surface area (Å²) in [5, 5.41) is 0. The van der Waals surface area contributed by atoms with Crippen molar-refractivity contribution >= 4 is 12.1 Å².